The summed E-state index contributed by atoms with van der Waals surface area (Å²) in [6.45, 7) is 9.09. The second kappa shape index (κ2) is 8.62. The summed E-state index contributed by atoms with van der Waals surface area (Å²) >= 11 is 0. The van der Waals surface area contributed by atoms with Crippen LogP contribution in [0.3, 0.4) is 0 Å². The number of nitrogen functional groups attached to an aromatic ring is 1. The Morgan fingerprint density at radius 2 is 1.88 bits per heavy atom. The van der Waals surface area contributed by atoms with Crippen LogP contribution in [0.1, 0.15) is 36.7 Å². The van der Waals surface area contributed by atoms with Gasteiger partial charge in [0.1, 0.15) is 18.2 Å². The Morgan fingerprint density at radius 3 is 2.56 bits per heavy atom. The van der Waals surface area contributed by atoms with Gasteiger partial charge in [-0.3, -0.25) is 0 Å². The minimum atomic E-state index is 0.00749. The molecule has 0 aliphatic carbocycles. The van der Waals surface area contributed by atoms with E-state index >= 15 is 0 Å². The molecular formula is C18H27N5O2. The lowest BCUT2D eigenvalue weighted by Gasteiger charge is -2.17. The van der Waals surface area contributed by atoms with E-state index < -0.39 is 0 Å². The van der Waals surface area contributed by atoms with Gasteiger partial charge in [0.15, 0.2) is 0 Å². The highest BCUT2D eigenvalue weighted by molar-refractivity contribution is 5.36. The lowest BCUT2D eigenvalue weighted by atomic mass is 10.1. The molecule has 7 heteroatoms. The highest BCUT2D eigenvalue weighted by Gasteiger charge is 2.14. The Labute approximate surface area is 149 Å². The highest BCUT2D eigenvalue weighted by atomic mass is 16.5. The molecule has 2 rings (SSSR count). The first-order valence-corrected chi connectivity index (χ1v) is 8.36. The molecule has 0 fully saturated rings. The molecule has 0 aliphatic heterocycles. The third-order valence-corrected chi connectivity index (χ3v) is 3.72. The number of rotatable bonds is 8. The van der Waals surface area contributed by atoms with Crippen LogP contribution in [0.4, 0.5) is 11.9 Å². The van der Waals surface area contributed by atoms with Crippen LogP contribution < -0.4 is 15.8 Å². The molecule has 2 aromatic rings. The summed E-state index contributed by atoms with van der Waals surface area (Å²) in [6, 6.07) is 6.14. The van der Waals surface area contributed by atoms with E-state index in [0.29, 0.717) is 25.0 Å². The fraction of sp³-hybridized carbons (Fsp3) is 0.500. The van der Waals surface area contributed by atoms with E-state index in [9.17, 15) is 0 Å². The number of nitrogens with one attached hydrogen (secondary N) is 1. The average Bonchev–Trinajstić information content (AvgIpc) is 2.53. The molecule has 136 valence electrons. The van der Waals surface area contributed by atoms with Crippen molar-refractivity contribution in [2.45, 2.75) is 39.7 Å². The smallest absolute Gasteiger partial charge is 0.228 e. The predicted octanol–water partition coefficient (Wildman–Crippen LogP) is 2.70. The third-order valence-electron chi connectivity index (χ3n) is 3.72. The maximum absolute atomic E-state index is 5.89. The number of nitrogens with zero attached hydrogens (tertiary/aromatic N) is 3. The number of anilines is 2. The van der Waals surface area contributed by atoms with Crippen molar-refractivity contribution in [2.75, 3.05) is 31.4 Å². The summed E-state index contributed by atoms with van der Waals surface area (Å²) in [5.74, 6) is 2.17. The normalized spacial score (nSPS) is 13.3. The quantitative estimate of drug-likeness (QED) is 0.759. The fourth-order valence-electron chi connectivity index (χ4n) is 2.46. The fourth-order valence-corrected chi connectivity index (χ4v) is 2.46. The number of methoxy groups -OCH3 is 1. The van der Waals surface area contributed by atoms with Crippen molar-refractivity contribution >= 4 is 11.9 Å². The Hall–Kier alpha value is -2.41. The Balaban J connectivity index is 1.98. The van der Waals surface area contributed by atoms with Crippen LogP contribution in [0.25, 0.3) is 0 Å². The number of benzene rings is 1. The summed E-state index contributed by atoms with van der Waals surface area (Å²) in [6.07, 6.45) is 0. The average molecular weight is 345 g/mol. The number of ether oxygens (including phenoxy) is 2. The van der Waals surface area contributed by atoms with Gasteiger partial charge < -0.3 is 20.5 Å². The van der Waals surface area contributed by atoms with Gasteiger partial charge in [-0.15, -0.1) is 0 Å². The summed E-state index contributed by atoms with van der Waals surface area (Å²) in [7, 11) is 1.65. The van der Waals surface area contributed by atoms with Gasteiger partial charge in [-0.2, -0.15) is 15.0 Å². The zero-order chi connectivity index (χ0) is 18.4. The van der Waals surface area contributed by atoms with Gasteiger partial charge in [0, 0.05) is 13.0 Å². The van der Waals surface area contributed by atoms with Crippen molar-refractivity contribution in [3.63, 3.8) is 0 Å². The van der Waals surface area contributed by atoms with Crippen molar-refractivity contribution in [1.82, 2.24) is 15.0 Å². The van der Waals surface area contributed by atoms with E-state index in [-0.39, 0.29) is 17.9 Å². The van der Waals surface area contributed by atoms with E-state index in [4.69, 9.17) is 15.2 Å². The van der Waals surface area contributed by atoms with Gasteiger partial charge in [-0.25, -0.2) is 0 Å². The van der Waals surface area contributed by atoms with E-state index in [1.54, 1.807) is 7.11 Å². The summed E-state index contributed by atoms with van der Waals surface area (Å²) in [5, 5.41) is 3.21. The van der Waals surface area contributed by atoms with Crippen LogP contribution in [0.5, 0.6) is 5.75 Å². The van der Waals surface area contributed by atoms with Gasteiger partial charge in [-0.1, -0.05) is 24.6 Å². The minimum Gasteiger partial charge on any atom is -0.491 e. The van der Waals surface area contributed by atoms with Crippen LogP contribution in [0.15, 0.2) is 18.2 Å². The number of aromatic nitrogens is 3. The third kappa shape index (κ3) is 5.56. The van der Waals surface area contributed by atoms with Crippen LogP contribution in [0.2, 0.25) is 0 Å². The maximum Gasteiger partial charge on any atom is 0.228 e. The number of hydrogen-bond donors (Lipinski definition) is 2. The van der Waals surface area contributed by atoms with E-state index in [0.717, 1.165) is 11.3 Å². The lowest BCUT2D eigenvalue weighted by molar-refractivity contribution is 0.181. The van der Waals surface area contributed by atoms with Gasteiger partial charge in [0.2, 0.25) is 11.9 Å². The van der Waals surface area contributed by atoms with Crippen LogP contribution in [-0.2, 0) is 4.74 Å². The van der Waals surface area contributed by atoms with Crippen LogP contribution >= 0.6 is 0 Å². The summed E-state index contributed by atoms with van der Waals surface area (Å²) in [4.78, 5) is 12.8. The molecule has 0 bridgehead atoms. The van der Waals surface area contributed by atoms with E-state index in [2.05, 4.69) is 33.3 Å². The van der Waals surface area contributed by atoms with Gasteiger partial charge in [0.05, 0.1) is 12.6 Å². The van der Waals surface area contributed by atoms with Gasteiger partial charge >= 0.3 is 0 Å². The molecule has 1 aromatic carbocycles. The van der Waals surface area contributed by atoms with E-state index in [1.165, 1.54) is 5.56 Å². The number of aryl methyl sites for hydroxylation is 2. The first kappa shape index (κ1) is 18.9. The molecule has 1 aromatic heterocycles. The van der Waals surface area contributed by atoms with Crippen LogP contribution in [0, 0.1) is 13.8 Å². The molecular weight excluding hydrogens is 318 g/mol. The second-order valence-corrected chi connectivity index (χ2v) is 6.36. The Kier molecular flexibility index (Phi) is 6.52. The summed E-state index contributed by atoms with van der Waals surface area (Å²) < 4.78 is 11.0. The van der Waals surface area contributed by atoms with Crippen molar-refractivity contribution in [2.24, 2.45) is 0 Å². The lowest BCUT2D eigenvalue weighted by Crippen LogP contribution is -2.26. The molecule has 2 atom stereocenters. The van der Waals surface area contributed by atoms with Crippen molar-refractivity contribution in [1.29, 1.82) is 0 Å². The zero-order valence-electron chi connectivity index (χ0n) is 15.5. The van der Waals surface area contributed by atoms with Gasteiger partial charge in [0.25, 0.3) is 0 Å². The van der Waals surface area contributed by atoms with Crippen LogP contribution in [-0.4, -0.2) is 41.3 Å². The first-order chi connectivity index (χ1) is 11.9. The topological polar surface area (TPSA) is 95.2 Å². The zero-order valence-corrected chi connectivity index (χ0v) is 15.5. The molecule has 7 nitrogen and oxygen atoms in total. The molecule has 0 radical (unpaired) electrons. The second-order valence-electron chi connectivity index (χ2n) is 6.36. The van der Waals surface area contributed by atoms with Crippen molar-refractivity contribution < 1.29 is 9.47 Å². The standard InChI is InChI=1S/C18H27N5O2/c1-11-6-7-15(12(2)8-11)25-10-14(4)20-18-22-16(13(3)9-24-5)21-17(19)23-18/h6-8,13-14H,9-10H2,1-5H3,(H3,19,20,21,22,23). The largest absolute Gasteiger partial charge is 0.491 e. The highest BCUT2D eigenvalue weighted by Crippen LogP contribution is 2.19. The molecule has 1 heterocycles. The van der Waals surface area contributed by atoms with Crippen molar-refractivity contribution in [3.05, 3.63) is 35.2 Å². The molecule has 0 saturated heterocycles. The monoisotopic (exact) mass is 345 g/mol. The molecule has 0 saturated carbocycles. The molecule has 3 N–H and O–H groups in total. The van der Waals surface area contributed by atoms with E-state index in [1.807, 2.05) is 32.9 Å². The predicted molar refractivity (Wildman–Crippen MR) is 99.0 cm³/mol. The molecule has 0 amide bonds. The molecule has 0 spiro atoms. The van der Waals surface area contributed by atoms with Gasteiger partial charge in [-0.05, 0) is 32.4 Å². The number of hydrogen-bond acceptors (Lipinski definition) is 7. The molecule has 0 aliphatic rings. The molecule has 2 unspecified atom stereocenters. The first-order valence-electron chi connectivity index (χ1n) is 8.36. The Morgan fingerprint density at radius 1 is 1.12 bits per heavy atom. The maximum atomic E-state index is 5.89. The Bertz CT molecular complexity index is 708. The van der Waals surface area contributed by atoms with Crippen molar-refractivity contribution in [3.8, 4) is 5.75 Å². The number of nitrogens with two attached hydrogens (primary N) is 1. The summed E-state index contributed by atoms with van der Waals surface area (Å²) in [5.41, 5.74) is 8.13. The SMILES string of the molecule is COCC(C)c1nc(N)nc(NC(C)COc2ccc(C)cc2C)n1. The molecule has 25 heavy (non-hydrogen) atoms. The minimum absolute atomic E-state index is 0.00749.